The highest BCUT2D eigenvalue weighted by atomic mass is 32.2. The first kappa shape index (κ1) is 24.5. The van der Waals surface area contributed by atoms with Gasteiger partial charge in [-0.3, -0.25) is 9.59 Å². The molecule has 1 rings (SSSR count). The molecule has 3 unspecified atom stereocenters. The van der Waals surface area contributed by atoms with Crippen molar-refractivity contribution in [1.82, 2.24) is 0 Å². The van der Waals surface area contributed by atoms with E-state index in [9.17, 15) is 14.7 Å². The molecule has 0 aromatic rings. The molecule has 0 aromatic heterocycles. The molecule has 1 aliphatic carbocycles. The molecule has 0 aromatic carbocycles. The predicted molar refractivity (Wildman–Crippen MR) is 113 cm³/mol. The number of unbranched alkanes of at least 4 members (excludes halogenated alkanes) is 7. The van der Waals surface area contributed by atoms with Gasteiger partial charge < -0.3 is 10.2 Å². The van der Waals surface area contributed by atoms with Gasteiger partial charge in [-0.2, -0.15) is 11.8 Å². The molecule has 0 spiro atoms. The molecule has 27 heavy (non-hydrogen) atoms. The lowest BCUT2D eigenvalue weighted by molar-refractivity contribution is -0.137. The van der Waals surface area contributed by atoms with Gasteiger partial charge in [0.2, 0.25) is 0 Å². The first-order valence-electron chi connectivity index (χ1n) is 10.9. The Morgan fingerprint density at radius 1 is 1.11 bits per heavy atom. The number of carboxylic acid groups (broad SMARTS) is 1. The zero-order valence-electron chi connectivity index (χ0n) is 17.4. The molecule has 5 heteroatoms. The quantitative estimate of drug-likeness (QED) is 0.330. The predicted octanol–water partition coefficient (Wildman–Crippen LogP) is 5.60. The third kappa shape index (κ3) is 11.1. The SMILES string of the molecule is CCCCCCCC(C)(O)CSC1CCC(=O)C1CCCCCCC(=O)O. The summed E-state index contributed by atoms with van der Waals surface area (Å²) in [7, 11) is 0. The number of Topliss-reactive ketones (excluding diaryl/α,β-unsaturated/α-hetero) is 1. The summed E-state index contributed by atoms with van der Waals surface area (Å²) in [5.74, 6) is 0.510. The van der Waals surface area contributed by atoms with E-state index in [2.05, 4.69) is 6.92 Å². The normalized spacial score (nSPS) is 22.1. The van der Waals surface area contributed by atoms with Crippen LogP contribution in [0.15, 0.2) is 0 Å². The van der Waals surface area contributed by atoms with E-state index in [0.717, 1.165) is 51.4 Å². The number of hydrogen-bond acceptors (Lipinski definition) is 4. The number of carbonyl (C=O) groups excluding carboxylic acids is 1. The van der Waals surface area contributed by atoms with E-state index in [-0.39, 0.29) is 12.3 Å². The Balaban J connectivity index is 2.25. The van der Waals surface area contributed by atoms with E-state index < -0.39 is 11.6 Å². The molecule has 1 saturated carbocycles. The molecule has 0 aliphatic heterocycles. The summed E-state index contributed by atoms with van der Waals surface area (Å²) in [6.07, 6.45) is 13.3. The number of carbonyl (C=O) groups is 2. The third-order valence-corrected chi connectivity index (χ3v) is 7.40. The van der Waals surface area contributed by atoms with Crippen molar-refractivity contribution in [2.45, 2.75) is 115 Å². The van der Waals surface area contributed by atoms with Crippen LogP contribution in [0.2, 0.25) is 0 Å². The zero-order chi connectivity index (χ0) is 20.1. The second-order valence-corrected chi connectivity index (χ2v) is 9.70. The Labute approximate surface area is 169 Å². The highest BCUT2D eigenvalue weighted by molar-refractivity contribution is 8.00. The summed E-state index contributed by atoms with van der Waals surface area (Å²) in [6, 6.07) is 0. The number of aliphatic hydroxyl groups is 1. The van der Waals surface area contributed by atoms with Crippen LogP contribution in [0.5, 0.6) is 0 Å². The molecule has 158 valence electrons. The first-order valence-corrected chi connectivity index (χ1v) is 12.0. The lowest BCUT2D eigenvalue weighted by Gasteiger charge is -2.26. The molecule has 3 atom stereocenters. The van der Waals surface area contributed by atoms with Gasteiger partial charge in [-0.05, 0) is 32.6 Å². The van der Waals surface area contributed by atoms with Crippen molar-refractivity contribution < 1.29 is 19.8 Å². The molecule has 4 nitrogen and oxygen atoms in total. The van der Waals surface area contributed by atoms with E-state index >= 15 is 0 Å². The van der Waals surface area contributed by atoms with Crippen LogP contribution in [-0.2, 0) is 9.59 Å². The van der Waals surface area contributed by atoms with Crippen LogP contribution in [0.25, 0.3) is 0 Å². The summed E-state index contributed by atoms with van der Waals surface area (Å²) < 4.78 is 0. The molecule has 0 saturated heterocycles. The van der Waals surface area contributed by atoms with Crippen molar-refractivity contribution in [2.24, 2.45) is 5.92 Å². The van der Waals surface area contributed by atoms with Crippen LogP contribution < -0.4 is 0 Å². The molecule has 0 heterocycles. The second kappa shape index (κ2) is 13.6. The van der Waals surface area contributed by atoms with Crippen molar-refractivity contribution in [3.63, 3.8) is 0 Å². The Bertz CT molecular complexity index is 436. The number of carboxylic acids is 1. The minimum absolute atomic E-state index is 0.134. The average Bonchev–Trinajstić information content (AvgIpc) is 2.96. The smallest absolute Gasteiger partial charge is 0.303 e. The summed E-state index contributed by atoms with van der Waals surface area (Å²) in [4.78, 5) is 22.8. The van der Waals surface area contributed by atoms with Gasteiger partial charge in [0, 0.05) is 29.8 Å². The van der Waals surface area contributed by atoms with Crippen LogP contribution in [0, 0.1) is 5.92 Å². The lowest BCUT2D eigenvalue weighted by atomic mass is 9.98. The third-order valence-electron chi connectivity index (χ3n) is 5.62. The monoisotopic (exact) mass is 400 g/mol. The molecule has 0 bridgehead atoms. The maximum atomic E-state index is 12.2. The van der Waals surface area contributed by atoms with Gasteiger partial charge in [-0.25, -0.2) is 0 Å². The zero-order valence-corrected chi connectivity index (χ0v) is 18.2. The Morgan fingerprint density at radius 3 is 2.48 bits per heavy atom. The Hall–Kier alpha value is -0.550. The highest BCUT2D eigenvalue weighted by Gasteiger charge is 2.35. The summed E-state index contributed by atoms with van der Waals surface area (Å²) >= 11 is 1.79. The number of hydrogen-bond donors (Lipinski definition) is 2. The van der Waals surface area contributed by atoms with Gasteiger partial charge in [0.05, 0.1) is 5.60 Å². The van der Waals surface area contributed by atoms with Gasteiger partial charge >= 0.3 is 5.97 Å². The van der Waals surface area contributed by atoms with Crippen LogP contribution >= 0.6 is 11.8 Å². The van der Waals surface area contributed by atoms with Gasteiger partial charge in [0.15, 0.2) is 0 Å². The van der Waals surface area contributed by atoms with E-state index in [1.807, 2.05) is 6.92 Å². The fourth-order valence-electron chi connectivity index (χ4n) is 3.89. The van der Waals surface area contributed by atoms with E-state index in [1.54, 1.807) is 11.8 Å². The molecule has 0 amide bonds. The Morgan fingerprint density at radius 2 is 1.78 bits per heavy atom. The van der Waals surface area contributed by atoms with Gasteiger partial charge in [-0.1, -0.05) is 58.3 Å². The number of aliphatic carboxylic acids is 1. The minimum Gasteiger partial charge on any atom is -0.481 e. The molecule has 1 fully saturated rings. The van der Waals surface area contributed by atoms with Gasteiger partial charge in [0.25, 0.3) is 0 Å². The van der Waals surface area contributed by atoms with E-state index in [4.69, 9.17) is 5.11 Å². The van der Waals surface area contributed by atoms with Gasteiger partial charge in [-0.15, -0.1) is 0 Å². The molecule has 0 radical (unpaired) electrons. The number of rotatable bonds is 16. The fourth-order valence-corrected chi connectivity index (χ4v) is 5.41. The highest BCUT2D eigenvalue weighted by Crippen LogP contribution is 2.37. The van der Waals surface area contributed by atoms with Crippen molar-refractivity contribution in [1.29, 1.82) is 0 Å². The van der Waals surface area contributed by atoms with E-state index in [0.29, 0.717) is 23.2 Å². The van der Waals surface area contributed by atoms with Crippen molar-refractivity contribution >= 4 is 23.5 Å². The largest absolute Gasteiger partial charge is 0.481 e. The van der Waals surface area contributed by atoms with Crippen molar-refractivity contribution in [3.8, 4) is 0 Å². The second-order valence-electron chi connectivity index (χ2n) is 8.47. The first-order chi connectivity index (χ1) is 12.9. The molecular formula is C22H40O4S. The summed E-state index contributed by atoms with van der Waals surface area (Å²) in [5.41, 5.74) is -0.635. The van der Waals surface area contributed by atoms with Crippen LogP contribution in [0.4, 0.5) is 0 Å². The fraction of sp³-hybridized carbons (Fsp3) is 0.909. The van der Waals surface area contributed by atoms with E-state index in [1.165, 1.54) is 25.7 Å². The summed E-state index contributed by atoms with van der Waals surface area (Å²) in [5, 5.41) is 19.7. The maximum Gasteiger partial charge on any atom is 0.303 e. The lowest BCUT2D eigenvalue weighted by Crippen LogP contribution is -2.29. The molecular weight excluding hydrogens is 360 g/mol. The average molecular weight is 401 g/mol. The summed E-state index contributed by atoms with van der Waals surface area (Å²) in [6.45, 7) is 4.15. The van der Waals surface area contributed by atoms with Crippen LogP contribution in [0.3, 0.4) is 0 Å². The number of ketones is 1. The van der Waals surface area contributed by atoms with Crippen LogP contribution in [-0.4, -0.2) is 38.6 Å². The molecule has 1 aliphatic rings. The van der Waals surface area contributed by atoms with Crippen LogP contribution in [0.1, 0.15) is 104 Å². The van der Waals surface area contributed by atoms with Crippen molar-refractivity contribution in [3.05, 3.63) is 0 Å². The van der Waals surface area contributed by atoms with Crippen molar-refractivity contribution in [2.75, 3.05) is 5.75 Å². The topological polar surface area (TPSA) is 74.6 Å². The maximum absolute atomic E-state index is 12.2. The van der Waals surface area contributed by atoms with Gasteiger partial charge in [0.1, 0.15) is 5.78 Å². The molecule has 2 N–H and O–H groups in total. The number of thioether (sulfide) groups is 1. The minimum atomic E-state index is -0.727. The Kier molecular flexibility index (Phi) is 12.3. The standard InChI is InChI=1S/C22H40O4S/c1-3-4-5-8-11-16-22(2,26)17-27-20-15-14-19(23)18(20)12-9-6-7-10-13-21(24)25/h18,20,26H,3-17H2,1-2H3,(H,24,25).